The standard InChI is InChI=1S/C15H13N3O2/c1-17(14-8-4-2-6-12(14)10-16)11-13-7-3-5-9-15(13)18(19)20/h2-9H,11H2,1H3. The van der Waals surface area contributed by atoms with Gasteiger partial charge in [-0.25, -0.2) is 0 Å². The first-order chi connectivity index (χ1) is 9.63. The maximum Gasteiger partial charge on any atom is 0.274 e. The number of hydrogen-bond acceptors (Lipinski definition) is 4. The Morgan fingerprint density at radius 2 is 1.85 bits per heavy atom. The van der Waals surface area contributed by atoms with Crippen LogP contribution >= 0.6 is 0 Å². The summed E-state index contributed by atoms with van der Waals surface area (Å²) in [5.41, 5.74) is 2.02. The molecule has 0 amide bonds. The van der Waals surface area contributed by atoms with E-state index in [1.807, 2.05) is 24.1 Å². The van der Waals surface area contributed by atoms with Gasteiger partial charge in [-0.15, -0.1) is 0 Å². The van der Waals surface area contributed by atoms with Gasteiger partial charge in [-0.3, -0.25) is 10.1 Å². The van der Waals surface area contributed by atoms with Crippen molar-refractivity contribution in [2.24, 2.45) is 0 Å². The zero-order chi connectivity index (χ0) is 14.5. The van der Waals surface area contributed by atoms with Gasteiger partial charge in [0, 0.05) is 25.2 Å². The Bertz CT molecular complexity index is 677. The van der Waals surface area contributed by atoms with E-state index < -0.39 is 0 Å². The number of nitriles is 1. The summed E-state index contributed by atoms with van der Waals surface area (Å²) in [6.07, 6.45) is 0. The van der Waals surface area contributed by atoms with Crippen LogP contribution in [0.2, 0.25) is 0 Å². The highest BCUT2D eigenvalue weighted by Gasteiger charge is 2.15. The van der Waals surface area contributed by atoms with Crippen molar-refractivity contribution in [1.29, 1.82) is 5.26 Å². The maximum atomic E-state index is 11.0. The SMILES string of the molecule is CN(Cc1ccccc1[N+](=O)[O-])c1ccccc1C#N. The highest BCUT2D eigenvalue weighted by atomic mass is 16.6. The molecule has 2 aromatic carbocycles. The van der Waals surface area contributed by atoms with Crippen LogP contribution < -0.4 is 4.90 Å². The van der Waals surface area contributed by atoms with Crippen molar-refractivity contribution in [3.05, 3.63) is 69.8 Å². The second kappa shape index (κ2) is 5.85. The van der Waals surface area contributed by atoms with Crippen molar-refractivity contribution in [1.82, 2.24) is 0 Å². The molecule has 0 unspecified atom stereocenters. The molecule has 0 aliphatic carbocycles. The molecule has 0 radical (unpaired) electrons. The van der Waals surface area contributed by atoms with E-state index in [0.29, 0.717) is 17.7 Å². The van der Waals surface area contributed by atoms with Gasteiger partial charge in [0.15, 0.2) is 0 Å². The molecule has 2 aromatic rings. The van der Waals surface area contributed by atoms with Crippen molar-refractivity contribution < 1.29 is 4.92 Å². The predicted octanol–water partition coefficient (Wildman–Crippen LogP) is 3.10. The number of para-hydroxylation sites is 2. The number of hydrogen-bond donors (Lipinski definition) is 0. The lowest BCUT2D eigenvalue weighted by molar-refractivity contribution is -0.385. The van der Waals surface area contributed by atoms with E-state index in [2.05, 4.69) is 6.07 Å². The van der Waals surface area contributed by atoms with E-state index in [1.165, 1.54) is 6.07 Å². The zero-order valence-corrected chi connectivity index (χ0v) is 11.0. The summed E-state index contributed by atoms with van der Waals surface area (Å²) < 4.78 is 0. The van der Waals surface area contributed by atoms with Crippen LogP contribution in [0.15, 0.2) is 48.5 Å². The predicted molar refractivity (Wildman–Crippen MR) is 76.4 cm³/mol. The van der Waals surface area contributed by atoms with Crippen LogP contribution in [0.5, 0.6) is 0 Å². The number of nitro benzene ring substituents is 1. The second-order valence-corrected chi connectivity index (χ2v) is 4.37. The quantitative estimate of drug-likeness (QED) is 0.630. The summed E-state index contributed by atoms with van der Waals surface area (Å²) in [5.74, 6) is 0. The number of nitrogens with zero attached hydrogens (tertiary/aromatic N) is 3. The molecule has 0 aromatic heterocycles. The number of anilines is 1. The average molecular weight is 267 g/mol. The van der Waals surface area contributed by atoms with Gasteiger partial charge in [0.1, 0.15) is 6.07 Å². The third kappa shape index (κ3) is 2.75. The van der Waals surface area contributed by atoms with Gasteiger partial charge in [-0.2, -0.15) is 5.26 Å². The first kappa shape index (κ1) is 13.6. The van der Waals surface area contributed by atoms with Crippen molar-refractivity contribution in [3.63, 3.8) is 0 Å². The molecule has 0 fully saturated rings. The molecule has 0 aliphatic rings. The van der Waals surface area contributed by atoms with Gasteiger partial charge in [-0.05, 0) is 12.1 Å². The Hall–Kier alpha value is -2.87. The Kier molecular flexibility index (Phi) is 3.96. The van der Waals surface area contributed by atoms with Crippen LogP contribution in [0.4, 0.5) is 11.4 Å². The van der Waals surface area contributed by atoms with Crippen molar-refractivity contribution in [3.8, 4) is 6.07 Å². The molecule has 0 spiro atoms. The maximum absolute atomic E-state index is 11.0. The average Bonchev–Trinajstić information content (AvgIpc) is 2.47. The molecule has 5 heteroatoms. The summed E-state index contributed by atoms with van der Waals surface area (Å²) in [4.78, 5) is 12.4. The molecule has 0 saturated carbocycles. The Labute approximate surface area is 116 Å². The lowest BCUT2D eigenvalue weighted by atomic mass is 10.1. The topological polar surface area (TPSA) is 70.2 Å². The van der Waals surface area contributed by atoms with Crippen molar-refractivity contribution in [2.75, 3.05) is 11.9 Å². The minimum atomic E-state index is -0.390. The summed E-state index contributed by atoms with van der Waals surface area (Å²) in [7, 11) is 1.81. The normalized spacial score (nSPS) is 9.80. The molecule has 0 heterocycles. The molecule has 0 N–H and O–H groups in total. The Balaban J connectivity index is 2.31. The lowest BCUT2D eigenvalue weighted by Crippen LogP contribution is -2.18. The largest absolute Gasteiger partial charge is 0.369 e. The van der Waals surface area contributed by atoms with Crippen molar-refractivity contribution in [2.45, 2.75) is 6.54 Å². The van der Waals surface area contributed by atoms with E-state index in [9.17, 15) is 10.1 Å². The molecular formula is C15H13N3O2. The fourth-order valence-corrected chi connectivity index (χ4v) is 2.06. The van der Waals surface area contributed by atoms with Crippen LogP contribution in [0.1, 0.15) is 11.1 Å². The third-order valence-corrected chi connectivity index (χ3v) is 3.03. The van der Waals surface area contributed by atoms with E-state index in [1.54, 1.807) is 30.3 Å². The van der Waals surface area contributed by atoms with Gasteiger partial charge in [-0.1, -0.05) is 30.3 Å². The van der Waals surface area contributed by atoms with Crippen LogP contribution in [0.3, 0.4) is 0 Å². The first-order valence-electron chi connectivity index (χ1n) is 6.06. The molecule has 100 valence electrons. The first-order valence-corrected chi connectivity index (χ1v) is 6.06. The van der Waals surface area contributed by atoms with Gasteiger partial charge in [0.05, 0.1) is 16.2 Å². The molecule has 0 atom stereocenters. The molecule has 2 rings (SSSR count). The van der Waals surface area contributed by atoms with Crippen LogP contribution in [0.25, 0.3) is 0 Å². The lowest BCUT2D eigenvalue weighted by Gasteiger charge is -2.20. The summed E-state index contributed by atoms with van der Waals surface area (Å²) in [6.45, 7) is 0.371. The van der Waals surface area contributed by atoms with Crippen LogP contribution in [-0.2, 0) is 6.54 Å². The molecule has 0 bridgehead atoms. The summed E-state index contributed by atoms with van der Waals surface area (Å²) >= 11 is 0. The summed E-state index contributed by atoms with van der Waals surface area (Å²) in [6, 6.07) is 15.9. The van der Waals surface area contributed by atoms with Crippen molar-refractivity contribution >= 4 is 11.4 Å². The molecule has 20 heavy (non-hydrogen) atoms. The Morgan fingerprint density at radius 3 is 2.55 bits per heavy atom. The van der Waals surface area contributed by atoms with E-state index in [0.717, 1.165) is 5.69 Å². The minimum absolute atomic E-state index is 0.0915. The van der Waals surface area contributed by atoms with E-state index >= 15 is 0 Å². The molecular weight excluding hydrogens is 254 g/mol. The highest BCUT2D eigenvalue weighted by molar-refractivity contribution is 5.59. The monoisotopic (exact) mass is 267 g/mol. The fraction of sp³-hybridized carbons (Fsp3) is 0.133. The summed E-state index contributed by atoms with van der Waals surface area (Å²) in [5, 5.41) is 20.1. The van der Waals surface area contributed by atoms with E-state index in [4.69, 9.17) is 5.26 Å². The van der Waals surface area contributed by atoms with Crippen LogP contribution in [-0.4, -0.2) is 12.0 Å². The number of benzene rings is 2. The molecule has 0 aliphatic heterocycles. The van der Waals surface area contributed by atoms with E-state index in [-0.39, 0.29) is 10.6 Å². The van der Waals surface area contributed by atoms with Gasteiger partial charge < -0.3 is 4.90 Å². The fourth-order valence-electron chi connectivity index (χ4n) is 2.06. The molecule has 5 nitrogen and oxygen atoms in total. The third-order valence-electron chi connectivity index (χ3n) is 3.03. The number of rotatable bonds is 4. The van der Waals surface area contributed by atoms with Gasteiger partial charge >= 0.3 is 0 Å². The van der Waals surface area contributed by atoms with Crippen LogP contribution in [0, 0.1) is 21.4 Å². The highest BCUT2D eigenvalue weighted by Crippen LogP contribution is 2.24. The zero-order valence-electron chi connectivity index (χ0n) is 11.0. The van der Waals surface area contributed by atoms with Gasteiger partial charge in [0.2, 0.25) is 0 Å². The number of nitro groups is 1. The molecule has 0 saturated heterocycles. The Morgan fingerprint density at radius 1 is 1.20 bits per heavy atom. The smallest absolute Gasteiger partial charge is 0.274 e. The minimum Gasteiger partial charge on any atom is -0.369 e. The van der Waals surface area contributed by atoms with Gasteiger partial charge in [0.25, 0.3) is 5.69 Å². The second-order valence-electron chi connectivity index (χ2n) is 4.37.